The molecule has 0 saturated heterocycles. The van der Waals surface area contributed by atoms with Crippen LogP contribution in [0.5, 0.6) is 0 Å². The number of rotatable bonds is 5. The Morgan fingerprint density at radius 2 is 1.89 bits per heavy atom. The summed E-state index contributed by atoms with van der Waals surface area (Å²) in [6.45, 7) is 16.8. The molecule has 3 fully saturated rings. The summed E-state index contributed by atoms with van der Waals surface area (Å²) in [5.41, 5.74) is 1.10. The summed E-state index contributed by atoms with van der Waals surface area (Å²) >= 11 is 0. The first kappa shape index (κ1) is 21.1. The summed E-state index contributed by atoms with van der Waals surface area (Å²) in [6.07, 6.45) is 13.6. The lowest BCUT2D eigenvalue weighted by Crippen LogP contribution is -2.65. The molecule has 3 aliphatic rings. The molecule has 27 heavy (non-hydrogen) atoms. The van der Waals surface area contributed by atoms with E-state index in [0.29, 0.717) is 25.0 Å². The van der Waals surface area contributed by atoms with Crippen molar-refractivity contribution in [3.8, 4) is 0 Å². The van der Waals surface area contributed by atoms with Gasteiger partial charge in [-0.25, -0.2) is 0 Å². The summed E-state index contributed by atoms with van der Waals surface area (Å²) in [4.78, 5) is 0. The van der Waals surface area contributed by atoms with Crippen LogP contribution in [0.2, 0.25) is 0 Å². The van der Waals surface area contributed by atoms with Crippen molar-refractivity contribution >= 4 is 0 Å². The fourth-order valence-corrected chi connectivity index (χ4v) is 6.77. The van der Waals surface area contributed by atoms with Crippen LogP contribution in [0.25, 0.3) is 0 Å². The van der Waals surface area contributed by atoms with Gasteiger partial charge >= 0.3 is 0 Å². The minimum atomic E-state index is -0.581. The third-order valence-electron chi connectivity index (χ3n) is 9.13. The predicted molar refractivity (Wildman–Crippen MR) is 114 cm³/mol. The average Bonchev–Trinajstić information content (AvgIpc) is 2.64. The van der Waals surface area contributed by atoms with E-state index in [-0.39, 0.29) is 16.2 Å². The number of allylic oxidation sites excluding steroid dienone is 2. The molecule has 0 heterocycles. The number of hydrogen-bond donors (Lipinski definition) is 1. The maximum atomic E-state index is 12.1. The first-order valence-electron chi connectivity index (χ1n) is 11.2. The molecule has 0 aromatic carbocycles. The molecule has 6 atom stereocenters. The zero-order chi connectivity index (χ0) is 19.9. The molecular weight excluding hydrogens is 332 g/mol. The van der Waals surface area contributed by atoms with Crippen LogP contribution in [0.15, 0.2) is 24.3 Å². The van der Waals surface area contributed by atoms with Crippen LogP contribution in [0, 0.1) is 28.1 Å². The molecule has 3 saturated carbocycles. The highest BCUT2D eigenvalue weighted by molar-refractivity contribution is 5.15. The molecule has 1 N–H and O–H groups in total. The van der Waals surface area contributed by atoms with Gasteiger partial charge in [0, 0.05) is 5.41 Å². The highest BCUT2D eigenvalue weighted by Crippen LogP contribution is 2.66. The van der Waals surface area contributed by atoms with Crippen molar-refractivity contribution in [2.45, 2.75) is 91.6 Å². The van der Waals surface area contributed by atoms with Gasteiger partial charge in [0.1, 0.15) is 0 Å². The first-order valence-corrected chi connectivity index (χ1v) is 11.2. The molecule has 0 unspecified atom stereocenters. The minimum Gasteiger partial charge on any atom is -0.389 e. The van der Waals surface area contributed by atoms with E-state index in [0.717, 1.165) is 19.3 Å². The normalized spacial score (nSPS) is 47.9. The fourth-order valence-electron chi connectivity index (χ4n) is 6.77. The Labute approximate surface area is 167 Å². The van der Waals surface area contributed by atoms with E-state index in [1.807, 2.05) is 0 Å². The third-order valence-corrected chi connectivity index (χ3v) is 9.13. The average molecular weight is 375 g/mol. The van der Waals surface area contributed by atoms with Gasteiger partial charge in [0.15, 0.2) is 0 Å². The Balaban J connectivity index is 1.81. The molecule has 0 bridgehead atoms. The SMILES string of the molecule is C=C[C@]1(C)CC[C@]2(C)[C@H](CC[C@@]3(O)[C@H]2CCC[C@]3(C)COC/C(C)=C/C)C1. The molecule has 0 amide bonds. The van der Waals surface area contributed by atoms with Crippen molar-refractivity contribution in [2.75, 3.05) is 13.2 Å². The molecule has 2 heteroatoms. The second-order valence-electron chi connectivity index (χ2n) is 10.9. The topological polar surface area (TPSA) is 29.5 Å². The van der Waals surface area contributed by atoms with E-state index >= 15 is 0 Å². The molecule has 0 aromatic heterocycles. The largest absolute Gasteiger partial charge is 0.389 e. The smallest absolute Gasteiger partial charge is 0.0756 e. The van der Waals surface area contributed by atoms with Crippen LogP contribution in [-0.4, -0.2) is 23.9 Å². The zero-order valence-electron chi connectivity index (χ0n) is 18.4. The van der Waals surface area contributed by atoms with Crippen LogP contribution in [0.3, 0.4) is 0 Å². The molecule has 0 aromatic rings. The van der Waals surface area contributed by atoms with Crippen molar-refractivity contribution < 1.29 is 9.84 Å². The van der Waals surface area contributed by atoms with Gasteiger partial charge in [0.25, 0.3) is 0 Å². The van der Waals surface area contributed by atoms with E-state index in [1.54, 1.807) is 0 Å². The summed E-state index contributed by atoms with van der Waals surface area (Å²) in [5, 5.41) is 12.1. The van der Waals surface area contributed by atoms with Crippen LogP contribution < -0.4 is 0 Å². The van der Waals surface area contributed by atoms with Crippen molar-refractivity contribution in [3.63, 3.8) is 0 Å². The highest BCUT2D eigenvalue weighted by Gasteiger charge is 2.64. The van der Waals surface area contributed by atoms with Gasteiger partial charge in [-0.3, -0.25) is 0 Å². The van der Waals surface area contributed by atoms with Crippen molar-refractivity contribution in [1.29, 1.82) is 0 Å². The van der Waals surface area contributed by atoms with E-state index in [2.05, 4.69) is 53.3 Å². The maximum Gasteiger partial charge on any atom is 0.0756 e. The van der Waals surface area contributed by atoms with Crippen LogP contribution in [0.1, 0.15) is 86.0 Å². The summed E-state index contributed by atoms with van der Waals surface area (Å²) in [5.74, 6) is 1.12. The summed E-state index contributed by atoms with van der Waals surface area (Å²) in [7, 11) is 0. The first-order chi connectivity index (χ1) is 12.6. The van der Waals surface area contributed by atoms with Crippen molar-refractivity contribution in [2.24, 2.45) is 28.1 Å². The van der Waals surface area contributed by atoms with Crippen molar-refractivity contribution in [3.05, 3.63) is 24.3 Å². The quantitative estimate of drug-likeness (QED) is 0.572. The number of aliphatic hydroxyl groups is 1. The van der Waals surface area contributed by atoms with E-state index < -0.39 is 5.60 Å². The molecule has 0 radical (unpaired) electrons. The van der Waals surface area contributed by atoms with Gasteiger partial charge in [-0.1, -0.05) is 44.9 Å². The van der Waals surface area contributed by atoms with E-state index in [1.165, 1.54) is 37.7 Å². The van der Waals surface area contributed by atoms with Crippen LogP contribution in [-0.2, 0) is 4.74 Å². The molecule has 0 spiro atoms. The lowest BCUT2D eigenvalue weighted by atomic mass is 9.42. The predicted octanol–water partition coefficient (Wildman–Crippen LogP) is 6.30. The molecule has 2 nitrogen and oxygen atoms in total. The molecule has 3 aliphatic carbocycles. The van der Waals surface area contributed by atoms with Gasteiger partial charge in [-0.15, -0.1) is 6.58 Å². The Kier molecular flexibility index (Phi) is 5.74. The van der Waals surface area contributed by atoms with E-state index in [4.69, 9.17) is 4.74 Å². The maximum absolute atomic E-state index is 12.1. The number of ether oxygens (including phenoxy) is 1. The van der Waals surface area contributed by atoms with Crippen LogP contribution in [0.4, 0.5) is 0 Å². The molecule has 3 rings (SSSR count). The standard InChI is InChI=1S/C25H42O2/c1-7-19(3)17-27-18-23(5)12-9-10-21-24(6)15-14-22(4,8-2)16-20(24)11-13-25(21,23)26/h7-8,20-21,26H,2,9-18H2,1,3-6H3/b19-7+/t20-,21+,22-,23-,24-,25-/m1/s1. The molecule has 154 valence electrons. The Morgan fingerprint density at radius 1 is 1.15 bits per heavy atom. The Morgan fingerprint density at radius 3 is 2.56 bits per heavy atom. The Hall–Kier alpha value is -0.600. The number of hydrogen-bond acceptors (Lipinski definition) is 2. The Bertz CT molecular complexity index is 595. The van der Waals surface area contributed by atoms with Crippen LogP contribution >= 0.6 is 0 Å². The van der Waals surface area contributed by atoms with Crippen molar-refractivity contribution in [1.82, 2.24) is 0 Å². The van der Waals surface area contributed by atoms with Gasteiger partial charge in [0.2, 0.25) is 0 Å². The monoisotopic (exact) mass is 374 g/mol. The third kappa shape index (κ3) is 3.46. The number of fused-ring (bicyclic) bond motifs is 3. The molecular formula is C25H42O2. The second kappa shape index (κ2) is 7.34. The fraction of sp³-hybridized carbons (Fsp3) is 0.840. The van der Waals surface area contributed by atoms with Gasteiger partial charge < -0.3 is 9.84 Å². The van der Waals surface area contributed by atoms with Gasteiger partial charge in [-0.2, -0.15) is 0 Å². The summed E-state index contributed by atoms with van der Waals surface area (Å²) < 4.78 is 6.12. The summed E-state index contributed by atoms with van der Waals surface area (Å²) in [6, 6.07) is 0. The van der Waals surface area contributed by atoms with Gasteiger partial charge in [-0.05, 0) is 81.5 Å². The van der Waals surface area contributed by atoms with E-state index in [9.17, 15) is 5.11 Å². The van der Waals surface area contributed by atoms with Gasteiger partial charge in [0.05, 0.1) is 18.8 Å². The minimum absolute atomic E-state index is 0.128. The zero-order valence-corrected chi connectivity index (χ0v) is 18.4. The highest BCUT2D eigenvalue weighted by atomic mass is 16.5. The second-order valence-corrected chi connectivity index (χ2v) is 10.9. The molecule has 0 aliphatic heterocycles. The lowest BCUT2D eigenvalue weighted by molar-refractivity contribution is -0.241. The lowest BCUT2D eigenvalue weighted by Gasteiger charge is -2.65.